The first-order chi connectivity index (χ1) is 9.69. The minimum atomic E-state index is -0.117. The molecule has 1 fully saturated rings. The van der Waals surface area contributed by atoms with Crippen LogP contribution in [0.4, 0.5) is 5.95 Å². The molecule has 0 radical (unpaired) electrons. The van der Waals surface area contributed by atoms with Crippen LogP contribution >= 0.6 is 11.6 Å². The zero-order valence-electron chi connectivity index (χ0n) is 10.2. The fourth-order valence-corrected chi connectivity index (χ4v) is 2.37. The van der Waals surface area contributed by atoms with E-state index in [1.807, 2.05) is 0 Å². The maximum absolute atomic E-state index is 12.0. The number of aromatic amines is 1. The largest absolute Gasteiger partial charge is 0.341 e. The van der Waals surface area contributed by atoms with Gasteiger partial charge in [0.25, 0.3) is 0 Å². The van der Waals surface area contributed by atoms with E-state index in [4.69, 9.17) is 17.1 Å². The van der Waals surface area contributed by atoms with Crippen molar-refractivity contribution in [1.29, 1.82) is 0 Å². The number of anilines is 1. The third kappa shape index (κ3) is 2.13. The van der Waals surface area contributed by atoms with Crippen LogP contribution in [0.15, 0.2) is 11.4 Å². The number of hydrogen-bond acceptors (Lipinski definition) is 5. The summed E-state index contributed by atoms with van der Waals surface area (Å²) in [5, 5.41) is 3.71. The molecule has 1 aliphatic heterocycles. The lowest BCUT2D eigenvalue weighted by Crippen LogP contribution is -2.27. The van der Waals surface area contributed by atoms with Crippen molar-refractivity contribution in [1.82, 2.24) is 19.9 Å². The molecule has 0 aliphatic carbocycles. The molecule has 1 aliphatic rings. The summed E-state index contributed by atoms with van der Waals surface area (Å²) in [6, 6.07) is 0. The van der Waals surface area contributed by atoms with Crippen LogP contribution in [-0.2, 0) is 4.79 Å². The van der Waals surface area contributed by atoms with Gasteiger partial charge >= 0.3 is 0 Å². The number of imidazole rings is 1. The smallest absolute Gasteiger partial charge is 0.235 e. The molecule has 3 heterocycles. The van der Waals surface area contributed by atoms with Gasteiger partial charge in [0.05, 0.1) is 6.33 Å². The normalized spacial score (nSPS) is 18.6. The van der Waals surface area contributed by atoms with Crippen LogP contribution in [0.25, 0.3) is 21.6 Å². The monoisotopic (exact) mass is 292 g/mol. The molecule has 20 heavy (non-hydrogen) atoms. The number of carbonyl (C=O) groups excluding carboxylic acids is 1. The van der Waals surface area contributed by atoms with E-state index < -0.39 is 0 Å². The molecule has 0 aromatic carbocycles. The molecule has 0 bridgehead atoms. The Morgan fingerprint density at radius 2 is 2.45 bits per heavy atom. The van der Waals surface area contributed by atoms with Crippen molar-refractivity contribution in [3.05, 3.63) is 21.9 Å². The molecule has 0 spiro atoms. The third-order valence-electron chi connectivity index (χ3n) is 3.08. The SMILES string of the molecule is [N-]=[N+]=NCC1CC(=O)N(c2nc(Cl)c3[nH]cnc3n2)C1. The van der Waals surface area contributed by atoms with E-state index in [0.29, 0.717) is 24.1 Å². The number of azide groups is 1. The molecule has 1 atom stereocenters. The number of amides is 1. The minimum absolute atomic E-state index is 0.0318. The van der Waals surface area contributed by atoms with Gasteiger partial charge in [-0.3, -0.25) is 9.69 Å². The van der Waals surface area contributed by atoms with Crippen LogP contribution in [0, 0.1) is 5.92 Å². The number of fused-ring (bicyclic) bond motifs is 1. The van der Waals surface area contributed by atoms with Crippen LogP contribution in [0.5, 0.6) is 0 Å². The maximum Gasteiger partial charge on any atom is 0.235 e. The van der Waals surface area contributed by atoms with Gasteiger partial charge < -0.3 is 4.98 Å². The van der Waals surface area contributed by atoms with E-state index >= 15 is 0 Å². The molecular formula is C10H9ClN8O. The van der Waals surface area contributed by atoms with Gasteiger partial charge in [0.1, 0.15) is 5.52 Å². The summed E-state index contributed by atoms with van der Waals surface area (Å²) in [4.78, 5) is 31.3. The van der Waals surface area contributed by atoms with E-state index in [1.54, 1.807) is 0 Å². The van der Waals surface area contributed by atoms with E-state index in [-0.39, 0.29) is 29.5 Å². The number of H-pyrrole nitrogens is 1. The Morgan fingerprint density at radius 3 is 3.25 bits per heavy atom. The van der Waals surface area contributed by atoms with Gasteiger partial charge in [-0.15, -0.1) is 0 Å². The second-order valence-corrected chi connectivity index (χ2v) is 4.76. The number of nitrogens with zero attached hydrogens (tertiary/aromatic N) is 7. The van der Waals surface area contributed by atoms with Crippen molar-refractivity contribution < 1.29 is 4.79 Å². The van der Waals surface area contributed by atoms with E-state index in [9.17, 15) is 4.79 Å². The highest BCUT2D eigenvalue weighted by Crippen LogP contribution is 2.26. The topological polar surface area (TPSA) is 124 Å². The zero-order chi connectivity index (χ0) is 14.1. The number of nitrogens with one attached hydrogen (secondary N) is 1. The van der Waals surface area contributed by atoms with Crippen LogP contribution < -0.4 is 4.90 Å². The van der Waals surface area contributed by atoms with Crippen molar-refractivity contribution in [3.63, 3.8) is 0 Å². The highest BCUT2D eigenvalue weighted by atomic mass is 35.5. The Morgan fingerprint density at radius 1 is 1.60 bits per heavy atom. The molecule has 1 amide bonds. The first-order valence-corrected chi connectivity index (χ1v) is 6.24. The van der Waals surface area contributed by atoms with E-state index in [2.05, 4.69) is 30.0 Å². The van der Waals surface area contributed by atoms with Gasteiger partial charge in [0.15, 0.2) is 10.8 Å². The molecule has 1 saturated heterocycles. The second kappa shape index (κ2) is 4.95. The highest BCUT2D eigenvalue weighted by molar-refractivity contribution is 6.33. The first kappa shape index (κ1) is 12.6. The highest BCUT2D eigenvalue weighted by Gasteiger charge is 2.32. The van der Waals surface area contributed by atoms with Gasteiger partial charge in [-0.25, -0.2) is 4.98 Å². The Balaban J connectivity index is 1.90. The van der Waals surface area contributed by atoms with Crippen LogP contribution in [-0.4, -0.2) is 38.9 Å². The molecule has 9 nitrogen and oxygen atoms in total. The molecular weight excluding hydrogens is 284 g/mol. The summed E-state index contributed by atoms with van der Waals surface area (Å²) in [6.45, 7) is 0.682. The quantitative estimate of drug-likeness (QED) is 0.400. The van der Waals surface area contributed by atoms with Crippen molar-refractivity contribution in [2.24, 2.45) is 11.0 Å². The number of hydrogen-bond donors (Lipinski definition) is 1. The number of aromatic nitrogens is 4. The standard InChI is InChI=1S/C10H9ClN8O/c11-8-7-9(14-4-13-7)17-10(16-8)19-3-5(1-6(19)20)2-15-18-12/h4-5H,1-3H2,(H,13,14,16,17). The molecule has 1 N–H and O–H groups in total. The zero-order valence-corrected chi connectivity index (χ0v) is 10.9. The molecule has 1 unspecified atom stereocenters. The van der Waals surface area contributed by atoms with E-state index in [0.717, 1.165) is 0 Å². The summed E-state index contributed by atoms with van der Waals surface area (Å²) < 4.78 is 0. The second-order valence-electron chi connectivity index (χ2n) is 4.40. The number of carbonyl (C=O) groups is 1. The van der Waals surface area contributed by atoms with Gasteiger partial charge in [-0.05, 0) is 11.4 Å². The summed E-state index contributed by atoms with van der Waals surface area (Å²) >= 11 is 6.02. The maximum atomic E-state index is 12.0. The summed E-state index contributed by atoms with van der Waals surface area (Å²) in [5.74, 6) is 0.0767. The molecule has 2 aromatic rings. The van der Waals surface area contributed by atoms with Gasteiger partial charge in [0, 0.05) is 24.4 Å². The fraction of sp³-hybridized carbons (Fsp3) is 0.400. The average Bonchev–Trinajstić information content (AvgIpc) is 3.02. The van der Waals surface area contributed by atoms with Gasteiger partial charge in [0.2, 0.25) is 11.9 Å². The summed E-state index contributed by atoms with van der Waals surface area (Å²) in [6.07, 6.45) is 1.77. The lowest BCUT2D eigenvalue weighted by atomic mass is 10.1. The minimum Gasteiger partial charge on any atom is -0.341 e. The Kier molecular flexibility index (Phi) is 3.13. The van der Waals surface area contributed by atoms with Crippen LogP contribution in [0.2, 0.25) is 5.15 Å². The molecule has 3 rings (SSSR count). The van der Waals surface area contributed by atoms with Crippen molar-refractivity contribution in [2.45, 2.75) is 6.42 Å². The Bertz CT molecular complexity index is 721. The molecule has 102 valence electrons. The van der Waals surface area contributed by atoms with Crippen molar-refractivity contribution in [2.75, 3.05) is 18.0 Å². The number of rotatable bonds is 3. The molecule has 10 heteroatoms. The molecule has 2 aromatic heterocycles. The van der Waals surface area contributed by atoms with Gasteiger partial charge in [-0.1, -0.05) is 16.7 Å². The van der Waals surface area contributed by atoms with E-state index in [1.165, 1.54) is 11.2 Å². The number of halogens is 1. The first-order valence-electron chi connectivity index (χ1n) is 5.87. The lowest BCUT2D eigenvalue weighted by Gasteiger charge is -2.13. The summed E-state index contributed by atoms with van der Waals surface area (Å²) in [7, 11) is 0. The Hall–Kier alpha value is -2.38. The van der Waals surface area contributed by atoms with Crippen LogP contribution in [0.1, 0.15) is 6.42 Å². The van der Waals surface area contributed by atoms with Gasteiger partial charge in [-0.2, -0.15) is 9.97 Å². The lowest BCUT2D eigenvalue weighted by molar-refractivity contribution is -0.117. The fourth-order valence-electron chi connectivity index (χ4n) is 2.16. The average molecular weight is 293 g/mol. The Labute approximate surface area is 117 Å². The summed E-state index contributed by atoms with van der Waals surface area (Å²) in [5.41, 5.74) is 9.26. The third-order valence-corrected chi connectivity index (χ3v) is 3.35. The van der Waals surface area contributed by atoms with Crippen molar-refractivity contribution in [3.8, 4) is 0 Å². The predicted octanol–water partition coefficient (Wildman–Crippen LogP) is 1.67. The molecule has 0 saturated carbocycles. The predicted molar refractivity (Wildman–Crippen MR) is 71.2 cm³/mol. The van der Waals surface area contributed by atoms with Crippen LogP contribution in [0.3, 0.4) is 0 Å². The van der Waals surface area contributed by atoms with Crippen molar-refractivity contribution >= 4 is 34.6 Å².